The molecule has 3 heteroatoms. The number of hydrogen-bond donors (Lipinski definition) is 3. The fourth-order valence-corrected chi connectivity index (χ4v) is 2.23. The standard InChI is InChI=1S/C12H27N3/c1-9(2)10(7-13)8-15-12-5-3-11(14)4-6-12/h9-12,15H,3-8,13-14H2,1-2H3. The number of hydrogen-bond acceptors (Lipinski definition) is 3. The van der Waals surface area contributed by atoms with Gasteiger partial charge in [-0.2, -0.15) is 0 Å². The molecule has 15 heavy (non-hydrogen) atoms. The van der Waals surface area contributed by atoms with Crippen LogP contribution in [0.5, 0.6) is 0 Å². The van der Waals surface area contributed by atoms with Gasteiger partial charge in [0.15, 0.2) is 0 Å². The summed E-state index contributed by atoms with van der Waals surface area (Å²) in [5, 5.41) is 3.64. The summed E-state index contributed by atoms with van der Waals surface area (Å²) in [5.74, 6) is 1.29. The zero-order valence-corrected chi connectivity index (χ0v) is 10.2. The van der Waals surface area contributed by atoms with Crippen molar-refractivity contribution < 1.29 is 0 Å². The summed E-state index contributed by atoms with van der Waals surface area (Å²) in [7, 11) is 0. The van der Waals surface area contributed by atoms with E-state index in [0.29, 0.717) is 23.9 Å². The molecule has 1 saturated carbocycles. The zero-order chi connectivity index (χ0) is 11.3. The third-order valence-electron chi connectivity index (χ3n) is 3.69. The van der Waals surface area contributed by atoms with Gasteiger partial charge in [0, 0.05) is 12.1 Å². The van der Waals surface area contributed by atoms with Gasteiger partial charge in [0.05, 0.1) is 0 Å². The van der Waals surface area contributed by atoms with Gasteiger partial charge in [-0.3, -0.25) is 0 Å². The van der Waals surface area contributed by atoms with E-state index in [0.717, 1.165) is 13.1 Å². The SMILES string of the molecule is CC(C)C(CN)CNC1CCC(N)CC1. The number of nitrogens with two attached hydrogens (primary N) is 2. The Morgan fingerprint density at radius 2 is 1.80 bits per heavy atom. The average molecular weight is 213 g/mol. The molecule has 1 aliphatic rings. The summed E-state index contributed by atoms with van der Waals surface area (Å²) >= 11 is 0. The average Bonchev–Trinajstić information content (AvgIpc) is 2.21. The van der Waals surface area contributed by atoms with E-state index >= 15 is 0 Å². The molecule has 0 amide bonds. The van der Waals surface area contributed by atoms with Gasteiger partial charge in [-0.1, -0.05) is 13.8 Å². The van der Waals surface area contributed by atoms with E-state index in [2.05, 4.69) is 19.2 Å². The number of nitrogens with one attached hydrogen (secondary N) is 1. The summed E-state index contributed by atoms with van der Waals surface area (Å²) in [5.41, 5.74) is 11.6. The van der Waals surface area contributed by atoms with Crippen LogP contribution in [0.2, 0.25) is 0 Å². The van der Waals surface area contributed by atoms with Gasteiger partial charge in [-0.15, -0.1) is 0 Å². The molecule has 0 aromatic rings. The van der Waals surface area contributed by atoms with Crippen molar-refractivity contribution in [1.29, 1.82) is 0 Å². The fraction of sp³-hybridized carbons (Fsp3) is 1.00. The Hall–Kier alpha value is -0.120. The Bertz CT molecular complexity index is 162. The predicted molar refractivity (Wildman–Crippen MR) is 65.6 cm³/mol. The molecule has 0 bridgehead atoms. The molecule has 3 nitrogen and oxygen atoms in total. The van der Waals surface area contributed by atoms with Crippen LogP contribution < -0.4 is 16.8 Å². The first kappa shape index (κ1) is 12.9. The Kier molecular flexibility index (Phi) is 5.58. The second kappa shape index (κ2) is 6.46. The lowest BCUT2D eigenvalue weighted by Gasteiger charge is -2.29. The molecule has 1 unspecified atom stereocenters. The van der Waals surface area contributed by atoms with Crippen LogP contribution in [-0.2, 0) is 0 Å². The van der Waals surface area contributed by atoms with E-state index < -0.39 is 0 Å². The van der Waals surface area contributed by atoms with Crippen molar-refractivity contribution in [2.24, 2.45) is 23.3 Å². The van der Waals surface area contributed by atoms with Crippen LogP contribution in [0.15, 0.2) is 0 Å². The highest BCUT2D eigenvalue weighted by Gasteiger charge is 2.19. The van der Waals surface area contributed by atoms with Crippen LogP contribution in [0, 0.1) is 11.8 Å². The molecule has 0 aliphatic heterocycles. The molecule has 5 N–H and O–H groups in total. The Balaban J connectivity index is 2.18. The molecule has 1 aliphatic carbocycles. The van der Waals surface area contributed by atoms with Crippen LogP contribution in [-0.4, -0.2) is 25.2 Å². The van der Waals surface area contributed by atoms with Crippen molar-refractivity contribution in [3.8, 4) is 0 Å². The molecule has 1 atom stereocenters. The van der Waals surface area contributed by atoms with Crippen molar-refractivity contribution in [2.45, 2.75) is 51.6 Å². The Morgan fingerprint density at radius 3 is 2.27 bits per heavy atom. The lowest BCUT2D eigenvalue weighted by molar-refractivity contribution is 0.299. The molecule has 0 saturated heterocycles. The van der Waals surface area contributed by atoms with E-state index in [9.17, 15) is 0 Å². The van der Waals surface area contributed by atoms with Crippen molar-refractivity contribution >= 4 is 0 Å². The third-order valence-corrected chi connectivity index (χ3v) is 3.69. The quantitative estimate of drug-likeness (QED) is 0.640. The monoisotopic (exact) mass is 213 g/mol. The zero-order valence-electron chi connectivity index (χ0n) is 10.2. The molecule has 0 radical (unpaired) electrons. The van der Waals surface area contributed by atoms with Crippen LogP contribution in [0.3, 0.4) is 0 Å². The summed E-state index contributed by atoms with van der Waals surface area (Å²) in [6.45, 7) is 6.34. The molecule has 90 valence electrons. The molecule has 0 aromatic carbocycles. The smallest absolute Gasteiger partial charge is 0.00683 e. The van der Waals surface area contributed by atoms with Gasteiger partial charge >= 0.3 is 0 Å². The summed E-state index contributed by atoms with van der Waals surface area (Å²) < 4.78 is 0. The van der Waals surface area contributed by atoms with E-state index in [1.165, 1.54) is 25.7 Å². The molecule has 0 spiro atoms. The van der Waals surface area contributed by atoms with Crippen molar-refractivity contribution in [3.05, 3.63) is 0 Å². The first-order valence-corrected chi connectivity index (χ1v) is 6.32. The molecule has 0 heterocycles. The number of rotatable bonds is 5. The van der Waals surface area contributed by atoms with E-state index in [1.54, 1.807) is 0 Å². The summed E-state index contributed by atoms with van der Waals surface area (Å²) in [6, 6.07) is 1.12. The lowest BCUT2D eigenvalue weighted by atomic mass is 9.90. The third kappa shape index (κ3) is 4.49. The van der Waals surface area contributed by atoms with Crippen LogP contribution in [0.25, 0.3) is 0 Å². The van der Waals surface area contributed by atoms with Gasteiger partial charge in [0.1, 0.15) is 0 Å². The van der Waals surface area contributed by atoms with Crippen LogP contribution in [0.1, 0.15) is 39.5 Å². The highest BCUT2D eigenvalue weighted by Crippen LogP contribution is 2.17. The van der Waals surface area contributed by atoms with Gasteiger partial charge in [-0.05, 0) is 50.6 Å². The normalized spacial score (nSPS) is 29.4. The Morgan fingerprint density at radius 1 is 1.20 bits per heavy atom. The molecular weight excluding hydrogens is 186 g/mol. The van der Waals surface area contributed by atoms with Gasteiger partial charge in [0.2, 0.25) is 0 Å². The predicted octanol–water partition coefficient (Wildman–Crippen LogP) is 1.08. The van der Waals surface area contributed by atoms with E-state index in [4.69, 9.17) is 11.5 Å². The van der Waals surface area contributed by atoms with E-state index in [-0.39, 0.29) is 0 Å². The first-order chi connectivity index (χ1) is 7.13. The van der Waals surface area contributed by atoms with Crippen molar-refractivity contribution in [3.63, 3.8) is 0 Å². The van der Waals surface area contributed by atoms with Gasteiger partial charge < -0.3 is 16.8 Å². The maximum absolute atomic E-state index is 5.88. The Labute approximate surface area is 94.0 Å². The highest BCUT2D eigenvalue weighted by molar-refractivity contribution is 4.80. The maximum Gasteiger partial charge on any atom is 0.00683 e. The second-order valence-electron chi connectivity index (χ2n) is 5.26. The minimum Gasteiger partial charge on any atom is -0.330 e. The first-order valence-electron chi connectivity index (χ1n) is 6.32. The minimum atomic E-state index is 0.443. The second-order valence-corrected chi connectivity index (χ2v) is 5.26. The molecular formula is C12H27N3. The molecule has 0 aromatic heterocycles. The van der Waals surface area contributed by atoms with Gasteiger partial charge in [-0.25, -0.2) is 0 Å². The van der Waals surface area contributed by atoms with Crippen molar-refractivity contribution in [2.75, 3.05) is 13.1 Å². The largest absolute Gasteiger partial charge is 0.330 e. The van der Waals surface area contributed by atoms with Gasteiger partial charge in [0.25, 0.3) is 0 Å². The molecule has 1 fully saturated rings. The lowest BCUT2D eigenvalue weighted by Crippen LogP contribution is -2.41. The van der Waals surface area contributed by atoms with Crippen molar-refractivity contribution in [1.82, 2.24) is 5.32 Å². The fourth-order valence-electron chi connectivity index (χ4n) is 2.23. The van der Waals surface area contributed by atoms with Crippen LogP contribution in [0.4, 0.5) is 0 Å². The van der Waals surface area contributed by atoms with Crippen LogP contribution >= 0.6 is 0 Å². The molecule has 1 rings (SSSR count). The summed E-state index contributed by atoms with van der Waals surface area (Å²) in [4.78, 5) is 0. The summed E-state index contributed by atoms with van der Waals surface area (Å²) in [6.07, 6.45) is 4.81. The van der Waals surface area contributed by atoms with E-state index in [1.807, 2.05) is 0 Å². The maximum atomic E-state index is 5.88. The minimum absolute atomic E-state index is 0.443. The highest BCUT2D eigenvalue weighted by atomic mass is 14.9. The topological polar surface area (TPSA) is 64.1 Å².